The van der Waals surface area contributed by atoms with E-state index in [1.165, 1.54) is 0 Å². The molecule has 0 aromatic carbocycles. The molecule has 3 rings (SSSR count). The van der Waals surface area contributed by atoms with E-state index in [4.69, 9.17) is 0 Å². The van der Waals surface area contributed by atoms with Crippen LogP contribution in [-0.4, -0.2) is 54.8 Å². The van der Waals surface area contributed by atoms with Crippen molar-refractivity contribution in [3.05, 3.63) is 17.0 Å². The van der Waals surface area contributed by atoms with Gasteiger partial charge < -0.3 is 4.90 Å². The first kappa shape index (κ1) is 15.5. The molecule has 1 aliphatic carbocycles. The van der Waals surface area contributed by atoms with Crippen molar-refractivity contribution in [2.24, 2.45) is 0 Å². The third kappa shape index (κ3) is 3.17. The Kier molecular flexibility index (Phi) is 4.22. The lowest BCUT2D eigenvalue weighted by molar-refractivity contribution is 0.0611. The molecule has 7 nitrogen and oxygen atoms in total. The number of rotatable bonds is 4. The zero-order valence-electron chi connectivity index (χ0n) is 12.8. The van der Waals surface area contributed by atoms with Crippen LogP contribution in [0.25, 0.3) is 0 Å². The van der Waals surface area contributed by atoms with Crippen molar-refractivity contribution in [2.75, 3.05) is 19.3 Å². The molecule has 0 saturated carbocycles. The minimum Gasteiger partial charge on any atom is -0.333 e. The summed E-state index contributed by atoms with van der Waals surface area (Å²) < 4.78 is 25.1. The van der Waals surface area contributed by atoms with Crippen molar-refractivity contribution >= 4 is 15.9 Å². The number of hydrogen-bond donors (Lipinski definition) is 2. The molecule has 1 aromatic rings. The molecule has 1 atom stereocenters. The Morgan fingerprint density at radius 2 is 2.18 bits per heavy atom. The van der Waals surface area contributed by atoms with E-state index in [0.717, 1.165) is 56.0 Å². The third-order valence-corrected chi connectivity index (χ3v) is 5.17. The fraction of sp³-hybridized carbons (Fsp3) is 0.714. The maximum Gasteiger partial charge on any atom is 0.274 e. The normalized spacial score (nSPS) is 21.9. The number of nitrogens with zero attached hydrogens (tertiary/aromatic N) is 2. The Labute approximate surface area is 130 Å². The zero-order chi connectivity index (χ0) is 15.7. The highest BCUT2D eigenvalue weighted by Crippen LogP contribution is 2.26. The number of carbonyl (C=O) groups is 1. The summed E-state index contributed by atoms with van der Waals surface area (Å²) in [4.78, 5) is 14.6. The lowest BCUT2D eigenvalue weighted by Crippen LogP contribution is -2.49. The maximum absolute atomic E-state index is 12.8. The third-order valence-electron chi connectivity index (χ3n) is 4.48. The monoisotopic (exact) mass is 326 g/mol. The van der Waals surface area contributed by atoms with E-state index in [1.54, 1.807) is 4.90 Å². The van der Waals surface area contributed by atoms with E-state index in [-0.39, 0.29) is 18.5 Å². The zero-order valence-corrected chi connectivity index (χ0v) is 13.6. The molecule has 2 N–H and O–H groups in total. The number of likely N-dealkylation sites (tertiary alicyclic amines) is 1. The highest BCUT2D eigenvalue weighted by Gasteiger charge is 2.32. The predicted octanol–water partition coefficient (Wildman–Crippen LogP) is 0.442. The van der Waals surface area contributed by atoms with Gasteiger partial charge in [0.1, 0.15) is 0 Å². The molecule has 8 heteroatoms. The van der Waals surface area contributed by atoms with Gasteiger partial charge in [0.2, 0.25) is 10.0 Å². The molecular weight excluding hydrogens is 304 g/mol. The highest BCUT2D eigenvalue weighted by atomic mass is 32.2. The summed E-state index contributed by atoms with van der Waals surface area (Å²) in [5.74, 6) is -0.0700. The number of nitrogens with one attached hydrogen (secondary N) is 2. The molecule has 1 aromatic heterocycles. The summed E-state index contributed by atoms with van der Waals surface area (Å²) in [5.41, 5.74) is 2.65. The van der Waals surface area contributed by atoms with Crippen molar-refractivity contribution in [2.45, 2.75) is 44.6 Å². The number of aryl methyl sites for hydroxylation is 1. The Bertz CT molecular complexity index is 668. The van der Waals surface area contributed by atoms with Crippen molar-refractivity contribution < 1.29 is 13.2 Å². The van der Waals surface area contributed by atoms with Gasteiger partial charge in [-0.2, -0.15) is 5.10 Å². The first-order valence-corrected chi connectivity index (χ1v) is 9.66. The van der Waals surface area contributed by atoms with Gasteiger partial charge in [0.05, 0.1) is 6.26 Å². The van der Waals surface area contributed by atoms with Crippen LogP contribution in [0.1, 0.15) is 47.4 Å². The van der Waals surface area contributed by atoms with Crippen molar-refractivity contribution in [3.63, 3.8) is 0 Å². The summed E-state index contributed by atoms with van der Waals surface area (Å²) in [6.07, 6.45) is 6.83. The standard InChI is InChI=1S/C14H22N4O3S/c1-22(20,21)15-9-10-5-2-3-8-18(10)14(19)13-11-6-4-7-12(11)16-17-13/h10,15H,2-9H2,1H3,(H,16,17). The van der Waals surface area contributed by atoms with Crippen LogP contribution in [0.4, 0.5) is 0 Å². The minimum atomic E-state index is -3.25. The highest BCUT2D eigenvalue weighted by molar-refractivity contribution is 7.88. The molecule has 1 unspecified atom stereocenters. The number of H-pyrrole nitrogens is 1. The largest absolute Gasteiger partial charge is 0.333 e. The second-order valence-electron chi connectivity index (χ2n) is 6.15. The van der Waals surface area contributed by atoms with Gasteiger partial charge in [0.25, 0.3) is 5.91 Å². The van der Waals surface area contributed by atoms with Gasteiger partial charge in [0.15, 0.2) is 5.69 Å². The van der Waals surface area contributed by atoms with Gasteiger partial charge in [-0.25, -0.2) is 13.1 Å². The molecule has 22 heavy (non-hydrogen) atoms. The fourth-order valence-electron chi connectivity index (χ4n) is 3.36. The number of piperidine rings is 1. The van der Waals surface area contributed by atoms with Crippen LogP contribution in [0.3, 0.4) is 0 Å². The Balaban J connectivity index is 1.76. The van der Waals surface area contributed by atoms with Gasteiger partial charge in [0, 0.05) is 30.4 Å². The van der Waals surface area contributed by atoms with Gasteiger partial charge in [-0.1, -0.05) is 0 Å². The topological polar surface area (TPSA) is 95.2 Å². The SMILES string of the molecule is CS(=O)(=O)NCC1CCCCN1C(=O)c1n[nH]c2c1CCC2. The van der Waals surface area contributed by atoms with Crippen LogP contribution >= 0.6 is 0 Å². The van der Waals surface area contributed by atoms with Crippen LogP contribution in [0.2, 0.25) is 0 Å². The van der Waals surface area contributed by atoms with Crippen LogP contribution in [0.15, 0.2) is 0 Å². The molecule has 0 bridgehead atoms. The van der Waals surface area contributed by atoms with E-state index in [0.29, 0.717) is 12.2 Å². The van der Waals surface area contributed by atoms with Crippen LogP contribution in [-0.2, 0) is 22.9 Å². The molecule has 0 radical (unpaired) electrons. The van der Waals surface area contributed by atoms with E-state index in [9.17, 15) is 13.2 Å². The lowest BCUT2D eigenvalue weighted by atomic mass is 10.0. The molecule has 1 amide bonds. The number of carbonyl (C=O) groups excluding carboxylic acids is 1. The molecule has 2 heterocycles. The molecule has 1 aliphatic heterocycles. The first-order valence-electron chi connectivity index (χ1n) is 7.77. The van der Waals surface area contributed by atoms with Gasteiger partial charge in [-0.15, -0.1) is 0 Å². The minimum absolute atomic E-state index is 0.0700. The van der Waals surface area contributed by atoms with Gasteiger partial charge in [-0.05, 0) is 38.5 Å². The second-order valence-corrected chi connectivity index (χ2v) is 7.98. The van der Waals surface area contributed by atoms with Gasteiger partial charge in [-0.3, -0.25) is 9.89 Å². The van der Waals surface area contributed by atoms with E-state index >= 15 is 0 Å². The molecule has 0 spiro atoms. The lowest BCUT2D eigenvalue weighted by Gasteiger charge is -2.35. The van der Waals surface area contributed by atoms with Crippen LogP contribution < -0.4 is 4.72 Å². The number of aromatic amines is 1. The van der Waals surface area contributed by atoms with Crippen molar-refractivity contribution in [3.8, 4) is 0 Å². The Morgan fingerprint density at radius 1 is 1.36 bits per heavy atom. The predicted molar refractivity (Wildman–Crippen MR) is 82.1 cm³/mol. The Morgan fingerprint density at radius 3 is 2.95 bits per heavy atom. The van der Waals surface area contributed by atoms with Crippen molar-refractivity contribution in [1.29, 1.82) is 0 Å². The molecule has 1 saturated heterocycles. The fourth-order valence-corrected chi connectivity index (χ4v) is 3.86. The quantitative estimate of drug-likeness (QED) is 0.839. The molecule has 1 fully saturated rings. The molecular formula is C14H22N4O3S. The number of aromatic nitrogens is 2. The van der Waals surface area contributed by atoms with Crippen molar-refractivity contribution in [1.82, 2.24) is 19.8 Å². The number of hydrogen-bond acceptors (Lipinski definition) is 4. The maximum atomic E-state index is 12.8. The summed E-state index contributed by atoms with van der Waals surface area (Å²) in [5, 5.41) is 7.17. The van der Waals surface area contributed by atoms with Crippen LogP contribution in [0.5, 0.6) is 0 Å². The Hall–Kier alpha value is -1.41. The second kappa shape index (κ2) is 6.00. The summed E-state index contributed by atoms with van der Waals surface area (Å²) in [6, 6.07) is -0.0928. The molecule has 122 valence electrons. The van der Waals surface area contributed by atoms with Crippen LogP contribution in [0, 0.1) is 0 Å². The van der Waals surface area contributed by atoms with E-state index in [1.807, 2.05) is 0 Å². The number of fused-ring (bicyclic) bond motifs is 1. The smallest absolute Gasteiger partial charge is 0.274 e. The number of sulfonamides is 1. The number of amides is 1. The molecule has 2 aliphatic rings. The van der Waals surface area contributed by atoms with E-state index in [2.05, 4.69) is 14.9 Å². The average Bonchev–Trinajstić information content (AvgIpc) is 3.06. The average molecular weight is 326 g/mol. The van der Waals surface area contributed by atoms with E-state index < -0.39 is 10.0 Å². The van der Waals surface area contributed by atoms with Gasteiger partial charge >= 0.3 is 0 Å². The first-order chi connectivity index (χ1) is 10.5. The summed E-state index contributed by atoms with van der Waals surface area (Å²) in [6.45, 7) is 0.938. The summed E-state index contributed by atoms with van der Waals surface area (Å²) in [7, 11) is -3.25. The summed E-state index contributed by atoms with van der Waals surface area (Å²) >= 11 is 0.